The zero-order chi connectivity index (χ0) is 20.4. The molecule has 154 valence electrons. The fraction of sp³-hybridized carbons (Fsp3) is 0.654. The SMILES string of the molecule is CC12CC[C@@]3(N)C(CC[C@@H]4C[C@](C)(O)CC[C@@H]43)[C@@H]1CC=C2c1ccc(C#N)cc1. The quantitative estimate of drug-likeness (QED) is 0.706. The molecule has 3 fully saturated rings. The van der Waals surface area contributed by atoms with E-state index >= 15 is 0 Å². The third-order valence-corrected chi connectivity index (χ3v) is 9.39. The summed E-state index contributed by atoms with van der Waals surface area (Å²) < 4.78 is 0. The molecule has 3 N–H and O–H groups in total. The van der Waals surface area contributed by atoms with E-state index in [4.69, 9.17) is 11.0 Å². The minimum atomic E-state index is -0.495. The van der Waals surface area contributed by atoms with E-state index in [0.717, 1.165) is 44.1 Å². The van der Waals surface area contributed by atoms with Crippen LogP contribution in [0.5, 0.6) is 0 Å². The lowest BCUT2D eigenvalue weighted by molar-refractivity contribution is -0.101. The van der Waals surface area contributed by atoms with E-state index in [-0.39, 0.29) is 11.0 Å². The van der Waals surface area contributed by atoms with E-state index in [1.54, 1.807) is 0 Å². The maximum atomic E-state index is 10.6. The molecule has 5 rings (SSSR count). The molecule has 4 aliphatic carbocycles. The van der Waals surface area contributed by atoms with Gasteiger partial charge in [0, 0.05) is 5.54 Å². The van der Waals surface area contributed by atoms with Gasteiger partial charge in [-0.05, 0) is 111 Å². The summed E-state index contributed by atoms with van der Waals surface area (Å²) in [5, 5.41) is 19.7. The van der Waals surface area contributed by atoms with E-state index in [0.29, 0.717) is 23.7 Å². The second-order valence-electron chi connectivity index (χ2n) is 11.0. The molecule has 7 atom stereocenters. The molecular weight excluding hydrogens is 356 g/mol. The van der Waals surface area contributed by atoms with Crippen molar-refractivity contribution in [2.24, 2.45) is 34.8 Å². The van der Waals surface area contributed by atoms with Gasteiger partial charge in [-0.15, -0.1) is 0 Å². The van der Waals surface area contributed by atoms with E-state index in [1.807, 2.05) is 19.1 Å². The zero-order valence-electron chi connectivity index (χ0n) is 17.8. The van der Waals surface area contributed by atoms with Crippen LogP contribution in [0.4, 0.5) is 0 Å². The Labute approximate surface area is 175 Å². The van der Waals surface area contributed by atoms with Gasteiger partial charge in [-0.25, -0.2) is 0 Å². The number of allylic oxidation sites excluding steroid dienone is 2. The van der Waals surface area contributed by atoms with Crippen LogP contribution in [0.1, 0.15) is 76.3 Å². The number of rotatable bonds is 1. The summed E-state index contributed by atoms with van der Waals surface area (Å²) in [4.78, 5) is 0. The second kappa shape index (κ2) is 6.43. The minimum absolute atomic E-state index is 0.0580. The van der Waals surface area contributed by atoms with E-state index in [2.05, 4.69) is 31.2 Å². The fourth-order valence-corrected chi connectivity index (χ4v) is 7.92. The van der Waals surface area contributed by atoms with Crippen LogP contribution >= 0.6 is 0 Å². The molecule has 3 heteroatoms. The van der Waals surface area contributed by atoms with Crippen LogP contribution in [0.2, 0.25) is 0 Å². The molecule has 4 aliphatic rings. The number of hydrogen-bond acceptors (Lipinski definition) is 3. The number of nitriles is 1. The van der Waals surface area contributed by atoms with Crippen LogP contribution in [-0.2, 0) is 0 Å². The number of nitrogens with zero attached hydrogens (tertiary/aromatic N) is 1. The maximum absolute atomic E-state index is 10.6. The Balaban J connectivity index is 1.42. The molecule has 0 saturated heterocycles. The first kappa shape index (κ1) is 19.3. The second-order valence-corrected chi connectivity index (χ2v) is 11.0. The van der Waals surface area contributed by atoms with Crippen LogP contribution in [0.3, 0.4) is 0 Å². The van der Waals surface area contributed by atoms with Crippen molar-refractivity contribution in [2.45, 2.75) is 76.4 Å². The number of fused-ring (bicyclic) bond motifs is 5. The Morgan fingerprint density at radius 3 is 2.48 bits per heavy atom. The van der Waals surface area contributed by atoms with Gasteiger partial charge in [0.15, 0.2) is 0 Å². The van der Waals surface area contributed by atoms with E-state index in [1.165, 1.54) is 24.0 Å². The summed E-state index contributed by atoms with van der Waals surface area (Å²) in [6, 6.07) is 10.4. The van der Waals surface area contributed by atoms with Gasteiger partial charge in [0.1, 0.15) is 0 Å². The van der Waals surface area contributed by atoms with Crippen molar-refractivity contribution in [1.82, 2.24) is 0 Å². The monoisotopic (exact) mass is 390 g/mol. The topological polar surface area (TPSA) is 70.0 Å². The third-order valence-electron chi connectivity index (χ3n) is 9.39. The summed E-state index contributed by atoms with van der Waals surface area (Å²) in [5.41, 5.74) is 10.4. The average molecular weight is 391 g/mol. The van der Waals surface area contributed by atoms with Crippen LogP contribution in [-0.4, -0.2) is 16.2 Å². The normalized spacial score (nSPS) is 46.1. The molecule has 0 bridgehead atoms. The average Bonchev–Trinajstić information content (AvgIpc) is 3.04. The lowest BCUT2D eigenvalue weighted by Gasteiger charge is -2.62. The standard InChI is InChI=1S/C26H34N2O/c1-24(29)12-11-21-19(15-24)7-8-23-22-10-9-20(18-5-3-17(16-27)4-6-18)25(22,2)13-14-26(21,23)28/h3-6,9,19,21-23,29H,7-8,10-15,28H2,1-2H3/t19-,21+,22+,23?,24-,25?,26+/m1/s1. The van der Waals surface area contributed by atoms with Gasteiger partial charge in [0.05, 0.1) is 17.2 Å². The smallest absolute Gasteiger partial charge is 0.0991 e. The molecule has 0 aliphatic heterocycles. The summed E-state index contributed by atoms with van der Waals surface area (Å²) in [7, 11) is 0. The van der Waals surface area contributed by atoms with Gasteiger partial charge >= 0.3 is 0 Å². The predicted molar refractivity (Wildman–Crippen MR) is 116 cm³/mol. The van der Waals surface area contributed by atoms with Crippen LogP contribution in [0.25, 0.3) is 5.57 Å². The Kier molecular flexibility index (Phi) is 4.29. The number of nitrogens with two attached hydrogens (primary N) is 1. The molecular formula is C26H34N2O. The zero-order valence-corrected chi connectivity index (χ0v) is 17.8. The Morgan fingerprint density at radius 2 is 1.76 bits per heavy atom. The highest BCUT2D eigenvalue weighted by Gasteiger charge is 2.61. The molecule has 3 saturated carbocycles. The van der Waals surface area contributed by atoms with Crippen molar-refractivity contribution in [3.8, 4) is 6.07 Å². The van der Waals surface area contributed by atoms with Gasteiger partial charge < -0.3 is 10.8 Å². The molecule has 0 radical (unpaired) electrons. The van der Waals surface area contributed by atoms with Crippen molar-refractivity contribution in [1.29, 1.82) is 5.26 Å². The van der Waals surface area contributed by atoms with Gasteiger partial charge in [-0.1, -0.05) is 25.1 Å². The molecule has 1 aromatic rings. The van der Waals surface area contributed by atoms with Crippen molar-refractivity contribution >= 4 is 5.57 Å². The highest BCUT2D eigenvalue weighted by Crippen LogP contribution is 2.65. The highest BCUT2D eigenvalue weighted by molar-refractivity contribution is 5.73. The fourth-order valence-electron chi connectivity index (χ4n) is 7.92. The first-order valence-electron chi connectivity index (χ1n) is 11.5. The lowest BCUT2D eigenvalue weighted by atomic mass is 9.46. The van der Waals surface area contributed by atoms with Crippen molar-refractivity contribution in [2.75, 3.05) is 0 Å². The van der Waals surface area contributed by atoms with Crippen molar-refractivity contribution in [3.05, 3.63) is 41.5 Å². The highest BCUT2D eigenvalue weighted by atomic mass is 16.3. The molecule has 1 aromatic carbocycles. The summed E-state index contributed by atoms with van der Waals surface area (Å²) in [6.45, 7) is 4.48. The van der Waals surface area contributed by atoms with Crippen molar-refractivity contribution < 1.29 is 5.11 Å². The molecule has 0 heterocycles. The van der Waals surface area contributed by atoms with Gasteiger partial charge in [0.25, 0.3) is 0 Å². The van der Waals surface area contributed by atoms with Gasteiger partial charge in [-0.2, -0.15) is 5.26 Å². The molecule has 2 unspecified atom stereocenters. The van der Waals surface area contributed by atoms with Crippen molar-refractivity contribution in [3.63, 3.8) is 0 Å². The molecule has 0 amide bonds. The number of aliphatic hydroxyl groups is 1. The Morgan fingerprint density at radius 1 is 1.00 bits per heavy atom. The Hall–Kier alpha value is -1.63. The Bertz CT molecular complexity index is 879. The largest absolute Gasteiger partial charge is 0.390 e. The van der Waals surface area contributed by atoms with E-state index < -0.39 is 5.60 Å². The summed E-state index contributed by atoms with van der Waals surface area (Å²) >= 11 is 0. The number of benzene rings is 1. The lowest BCUT2D eigenvalue weighted by Crippen LogP contribution is -2.65. The van der Waals surface area contributed by atoms with Crippen LogP contribution in [0, 0.1) is 40.4 Å². The van der Waals surface area contributed by atoms with Crippen LogP contribution < -0.4 is 5.73 Å². The van der Waals surface area contributed by atoms with E-state index in [9.17, 15) is 5.11 Å². The summed E-state index contributed by atoms with van der Waals surface area (Å²) in [6.07, 6.45) is 11.2. The minimum Gasteiger partial charge on any atom is -0.390 e. The first-order chi connectivity index (χ1) is 13.8. The van der Waals surface area contributed by atoms with Gasteiger partial charge in [-0.3, -0.25) is 0 Å². The first-order valence-corrected chi connectivity index (χ1v) is 11.5. The number of hydrogen-bond donors (Lipinski definition) is 2. The maximum Gasteiger partial charge on any atom is 0.0991 e. The molecule has 3 nitrogen and oxygen atoms in total. The van der Waals surface area contributed by atoms with Gasteiger partial charge in [0.2, 0.25) is 0 Å². The molecule has 0 aromatic heterocycles. The third kappa shape index (κ3) is 2.83. The molecule has 0 spiro atoms. The predicted octanol–water partition coefficient (Wildman–Crippen LogP) is 5.04. The molecule has 29 heavy (non-hydrogen) atoms. The van der Waals surface area contributed by atoms with Crippen LogP contribution in [0.15, 0.2) is 30.3 Å². The summed E-state index contributed by atoms with van der Waals surface area (Å²) in [5.74, 6) is 2.37.